The molecule has 0 aromatic carbocycles. The van der Waals surface area contributed by atoms with Gasteiger partial charge in [-0.2, -0.15) is 0 Å². The predicted molar refractivity (Wildman–Crippen MR) is 85.0 cm³/mol. The number of nitrogens with zero attached hydrogens (tertiary/aromatic N) is 1. The van der Waals surface area contributed by atoms with Crippen LogP contribution < -0.4 is 0 Å². The lowest BCUT2D eigenvalue weighted by molar-refractivity contribution is -0.303. The largest absolute Gasteiger partial charge is 0.573 e. The molecular weight excluding hydrogens is 291 g/mol. The second-order valence-corrected chi connectivity index (χ2v) is 5.63. The molecule has 0 spiro atoms. The molecule has 1 aliphatic heterocycles. The fraction of sp³-hybridized carbons (Fsp3) is 0.647. The van der Waals surface area contributed by atoms with Crippen molar-refractivity contribution in [2.24, 2.45) is 17.8 Å². The van der Waals surface area contributed by atoms with Gasteiger partial charge in [0.1, 0.15) is 5.76 Å². The number of hydrogen-bond donors (Lipinski definition) is 0. The molecule has 0 amide bonds. The van der Waals surface area contributed by atoms with E-state index < -0.39 is 12.1 Å². The summed E-state index contributed by atoms with van der Waals surface area (Å²) in [6.07, 6.45) is -1.99. The summed E-state index contributed by atoms with van der Waals surface area (Å²) in [5.74, 6) is 1.27. The first-order valence-corrected chi connectivity index (χ1v) is 7.66. The third kappa shape index (κ3) is 7.05. The van der Waals surface area contributed by atoms with Gasteiger partial charge < -0.3 is 9.64 Å². The highest BCUT2D eigenvalue weighted by Gasteiger charge is 2.32. The van der Waals surface area contributed by atoms with Crippen LogP contribution in [0.25, 0.3) is 0 Å². The summed E-state index contributed by atoms with van der Waals surface area (Å²) in [6, 6.07) is 0. The number of halogens is 3. The monoisotopic (exact) mass is 319 g/mol. The van der Waals surface area contributed by atoms with Gasteiger partial charge in [0.2, 0.25) is 0 Å². The highest BCUT2D eigenvalue weighted by atomic mass is 19.4. The van der Waals surface area contributed by atoms with Crippen molar-refractivity contribution >= 4 is 0 Å². The van der Waals surface area contributed by atoms with Gasteiger partial charge in [-0.15, -0.1) is 13.2 Å². The van der Waals surface area contributed by atoms with Crippen LogP contribution in [0.3, 0.4) is 0 Å². The molecule has 0 radical (unpaired) electrons. The topological polar surface area (TPSA) is 12.5 Å². The third-order valence-electron chi connectivity index (χ3n) is 3.64. The lowest BCUT2D eigenvalue weighted by Gasteiger charge is -2.20. The average Bonchev–Trinajstić information content (AvgIpc) is 2.78. The molecule has 0 aliphatic carbocycles. The van der Waals surface area contributed by atoms with Gasteiger partial charge in [-0.1, -0.05) is 47.8 Å². The van der Waals surface area contributed by atoms with Gasteiger partial charge in [0, 0.05) is 18.8 Å². The Morgan fingerprint density at radius 2 is 1.73 bits per heavy atom. The van der Waals surface area contributed by atoms with E-state index in [9.17, 15) is 13.2 Å². The molecule has 0 aromatic rings. The molecule has 0 saturated carbocycles. The predicted octanol–water partition coefficient (Wildman–Crippen LogP) is 5.36. The molecule has 1 fully saturated rings. The second-order valence-electron chi connectivity index (χ2n) is 5.63. The van der Waals surface area contributed by atoms with Crippen molar-refractivity contribution in [2.75, 3.05) is 13.1 Å². The smallest absolute Gasteiger partial charge is 0.406 e. The first-order valence-electron chi connectivity index (χ1n) is 7.66. The summed E-state index contributed by atoms with van der Waals surface area (Å²) in [5, 5.41) is 0. The number of ether oxygens (including phenoxy) is 1. The number of hydrogen-bond acceptors (Lipinski definition) is 2. The maximum atomic E-state index is 12.0. The molecule has 2 unspecified atom stereocenters. The van der Waals surface area contributed by atoms with Crippen LogP contribution >= 0.6 is 0 Å². The van der Waals surface area contributed by atoms with Crippen LogP contribution in [0.15, 0.2) is 36.8 Å². The third-order valence-corrected chi connectivity index (χ3v) is 3.64. The summed E-state index contributed by atoms with van der Waals surface area (Å²) in [5.41, 5.74) is 0.687. The van der Waals surface area contributed by atoms with E-state index in [1.165, 1.54) is 12.2 Å². The number of allylic oxidation sites excluding steroid dienone is 2. The van der Waals surface area contributed by atoms with E-state index in [4.69, 9.17) is 0 Å². The van der Waals surface area contributed by atoms with E-state index in [1.807, 2.05) is 13.8 Å². The highest BCUT2D eigenvalue weighted by molar-refractivity contribution is 5.21. The summed E-state index contributed by atoms with van der Waals surface area (Å²) in [6.45, 7) is 19.4. The quantitative estimate of drug-likeness (QED) is 0.500. The van der Waals surface area contributed by atoms with Crippen molar-refractivity contribution in [3.63, 3.8) is 0 Å². The maximum Gasteiger partial charge on any atom is 0.573 e. The molecule has 0 N–H and O–H groups in total. The Labute approximate surface area is 132 Å². The maximum absolute atomic E-state index is 12.0. The first-order chi connectivity index (χ1) is 10.1. The normalized spacial score (nSPS) is 21.8. The summed E-state index contributed by atoms with van der Waals surface area (Å²) in [4.78, 5) is 2.09. The Morgan fingerprint density at radius 3 is 2.14 bits per heavy atom. The van der Waals surface area contributed by atoms with Gasteiger partial charge in [0.05, 0.1) is 0 Å². The van der Waals surface area contributed by atoms with Crippen molar-refractivity contribution in [3.05, 3.63) is 36.8 Å². The van der Waals surface area contributed by atoms with E-state index in [2.05, 4.69) is 43.6 Å². The molecular formula is C17H28F3NO. The Bertz CT molecular complexity index is 399. The van der Waals surface area contributed by atoms with Crippen molar-refractivity contribution in [3.8, 4) is 0 Å². The standard InChI is InChI=1S/C15H22F3NO.C2H6/c1-10(2)14-9-19(8-11(14)3)12(4)6-7-13(5)20-15(16,17)18;1-2/h6-7,10-11,14H,4-5,8-9H2,1-3H3;1-2H3/b7-6-;. The van der Waals surface area contributed by atoms with Crippen LogP contribution in [0.5, 0.6) is 0 Å². The minimum atomic E-state index is -4.70. The molecule has 2 atom stereocenters. The summed E-state index contributed by atoms with van der Waals surface area (Å²) < 4.78 is 39.6. The molecule has 1 saturated heterocycles. The van der Waals surface area contributed by atoms with Crippen LogP contribution in [-0.2, 0) is 4.74 Å². The van der Waals surface area contributed by atoms with E-state index in [0.29, 0.717) is 23.5 Å². The van der Waals surface area contributed by atoms with Crippen LogP contribution in [0.4, 0.5) is 13.2 Å². The van der Waals surface area contributed by atoms with E-state index in [1.54, 1.807) is 0 Å². The summed E-state index contributed by atoms with van der Waals surface area (Å²) in [7, 11) is 0. The number of rotatable bonds is 5. The molecule has 0 bridgehead atoms. The Hall–Kier alpha value is -1.39. The number of likely N-dealkylation sites (tertiary alicyclic amines) is 1. The van der Waals surface area contributed by atoms with E-state index in [-0.39, 0.29) is 0 Å². The molecule has 1 rings (SSSR count). The molecule has 2 nitrogen and oxygen atoms in total. The minimum Gasteiger partial charge on any atom is -0.406 e. The van der Waals surface area contributed by atoms with Gasteiger partial charge in [-0.3, -0.25) is 0 Å². The van der Waals surface area contributed by atoms with Crippen molar-refractivity contribution in [1.29, 1.82) is 0 Å². The van der Waals surface area contributed by atoms with Crippen LogP contribution in [0, 0.1) is 17.8 Å². The van der Waals surface area contributed by atoms with Crippen molar-refractivity contribution < 1.29 is 17.9 Å². The first kappa shape index (κ1) is 20.6. The molecule has 5 heteroatoms. The lowest BCUT2D eigenvalue weighted by atomic mass is 9.88. The molecule has 22 heavy (non-hydrogen) atoms. The number of alkyl halides is 3. The van der Waals surface area contributed by atoms with Gasteiger partial charge in [0.25, 0.3) is 0 Å². The SMILES string of the molecule is C=C(/C=C\C(=C)N1CC(C)C(C(C)C)C1)OC(F)(F)F.CC. The van der Waals surface area contributed by atoms with Crippen molar-refractivity contribution in [2.45, 2.75) is 41.0 Å². The van der Waals surface area contributed by atoms with Crippen LogP contribution in [-0.4, -0.2) is 24.4 Å². The van der Waals surface area contributed by atoms with Crippen LogP contribution in [0.1, 0.15) is 34.6 Å². The Morgan fingerprint density at radius 1 is 1.18 bits per heavy atom. The van der Waals surface area contributed by atoms with E-state index in [0.717, 1.165) is 13.1 Å². The zero-order valence-electron chi connectivity index (χ0n) is 14.2. The zero-order chi connectivity index (χ0) is 17.5. The lowest BCUT2D eigenvalue weighted by Crippen LogP contribution is -2.20. The van der Waals surface area contributed by atoms with Gasteiger partial charge in [-0.05, 0) is 29.9 Å². The summed E-state index contributed by atoms with van der Waals surface area (Å²) >= 11 is 0. The Balaban J connectivity index is 0.00000211. The van der Waals surface area contributed by atoms with Gasteiger partial charge in [-0.25, -0.2) is 0 Å². The van der Waals surface area contributed by atoms with E-state index >= 15 is 0 Å². The van der Waals surface area contributed by atoms with Crippen LogP contribution in [0.2, 0.25) is 0 Å². The second kappa shape index (κ2) is 8.91. The minimum absolute atomic E-state index is 0.439. The highest BCUT2D eigenvalue weighted by Crippen LogP contribution is 2.31. The average molecular weight is 319 g/mol. The van der Waals surface area contributed by atoms with Crippen molar-refractivity contribution in [1.82, 2.24) is 4.90 Å². The fourth-order valence-corrected chi connectivity index (χ4v) is 2.57. The molecule has 1 aliphatic rings. The van der Waals surface area contributed by atoms with Gasteiger partial charge >= 0.3 is 6.36 Å². The molecule has 1 heterocycles. The van der Waals surface area contributed by atoms with Gasteiger partial charge in [0.15, 0.2) is 0 Å². The fourth-order valence-electron chi connectivity index (χ4n) is 2.57. The molecule has 0 aromatic heterocycles. The molecule has 128 valence electrons. The zero-order valence-corrected chi connectivity index (χ0v) is 14.2. The Kier molecular flexibility index (Phi) is 8.35.